The number of hydrogen-bond donors (Lipinski definition) is 1. The lowest BCUT2D eigenvalue weighted by Gasteiger charge is -2.06. The van der Waals surface area contributed by atoms with Crippen LogP contribution in [0.3, 0.4) is 0 Å². The molecule has 1 N–H and O–H groups in total. The van der Waals surface area contributed by atoms with Gasteiger partial charge < -0.3 is 0 Å². The van der Waals surface area contributed by atoms with Crippen molar-refractivity contribution in [2.24, 2.45) is 0 Å². The number of halogens is 1. The molecule has 0 bridgehead atoms. The number of nitrogens with zero attached hydrogens (tertiary/aromatic N) is 2. The SMILES string of the molecule is O=S(=O)(NCCn1cc(Br)cn1)c1ccccc1. The van der Waals surface area contributed by atoms with Gasteiger partial charge in [0.2, 0.25) is 10.0 Å². The molecule has 0 unspecified atom stereocenters. The van der Waals surface area contributed by atoms with E-state index in [1.54, 1.807) is 47.4 Å². The molecule has 2 rings (SSSR count). The smallest absolute Gasteiger partial charge is 0.240 e. The highest BCUT2D eigenvalue weighted by Gasteiger charge is 2.12. The zero-order valence-electron chi connectivity index (χ0n) is 9.45. The summed E-state index contributed by atoms with van der Waals surface area (Å²) >= 11 is 3.28. The van der Waals surface area contributed by atoms with E-state index in [4.69, 9.17) is 0 Å². The summed E-state index contributed by atoms with van der Waals surface area (Å²) in [5, 5.41) is 4.04. The minimum Gasteiger partial charge on any atom is -0.270 e. The molecule has 2 aromatic rings. The van der Waals surface area contributed by atoms with Gasteiger partial charge in [0.1, 0.15) is 0 Å². The second-order valence-corrected chi connectivity index (χ2v) is 6.32. The molecular formula is C11H12BrN3O2S. The van der Waals surface area contributed by atoms with E-state index in [0.29, 0.717) is 13.1 Å². The summed E-state index contributed by atoms with van der Waals surface area (Å²) in [5.74, 6) is 0. The topological polar surface area (TPSA) is 64.0 Å². The van der Waals surface area contributed by atoms with Gasteiger partial charge in [-0.05, 0) is 28.1 Å². The fourth-order valence-corrected chi connectivity index (χ4v) is 2.81. The van der Waals surface area contributed by atoms with E-state index in [1.807, 2.05) is 0 Å². The van der Waals surface area contributed by atoms with Crippen LogP contribution in [-0.4, -0.2) is 24.7 Å². The first-order valence-electron chi connectivity index (χ1n) is 5.30. The number of benzene rings is 1. The van der Waals surface area contributed by atoms with Crippen LogP contribution in [0.4, 0.5) is 0 Å². The van der Waals surface area contributed by atoms with Gasteiger partial charge in [0, 0.05) is 12.7 Å². The second-order valence-electron chi connectivity index (χ2n) is 3.63. The highest BCUT2D eigenvalue weighted by atomic mass is 79.9. The lowest BCUT2D eigenvalue weighted by Crippen LogP contribution is -2.27. The lowest BCUT2D eigenvalue weighted by atomic mass is 10.4. The van der Waals surface area contributed by atoms with Crippen LogP contribution in [0.2, 0.25) is 0 Å². The predicted molar refractivity (Wildman–Crippen MR) is 71.6 cm³/mol. The molecule has 0 fully saturated rings. The summed E-state index contributed by atoms with van der Waals surface area (Å²) in [5.41, 5.74) is 0. The highest BCUT2D eigenvalue weighted by molar-refractivity contribution is 9.10. The molecule has 5 nitrogen and oxygen atoms in total. The minimum atomic E-state index is -3.43. The van der Waals surface area contributed by atoms with Crippen LogP contribution in [0.5, 0.6) is 0 Å². The van der Waals surface area contributed by atoms with Crippen molar-refractivity contribution in [1.82, 2.24) is 14.5 Å². The molecular weight excluding hydrogens is 318 g/mol. The van der Waals surface area contributed by atoms with Crippen molar-refractivity contribution < 1.29 is 8.42 Å². The van der Waals surface area contributed by atoms with Gasteiger partial charge in [0.05, 0.1) is 22.1 Å². The summed E-state index contributed by atoms with van der Waals surface area (Å²) in [6.07, 6.45) is 3.45. The van der Waals surface area contributed by atoms with Crippen LogP contribution in [-0.2, 0) is 16.6 Å². The molecule has 0 radical (unpaired) electrons. The number of nitrogens with one attached hydrogen (secondary N) is 1. The number of rotatable bonds is 5. The Balaban J connectivity index is 1.94. The standard InChI is InChI=1S/C11H12BrN3O2S/c12-10-8-13-15(9-10)7-6-14-18(16,17)11-4-2-1-3-5-11/h1-5,8-9,14H,6-7H2. The van der Waals surface area contributed by atoms with Crippen LogP contribution in [0.1, 0.15) is 0 Å². The van der Waals surface area contributed by atoms with Gasteiger partial charge >= 0.3 is 0 Å². The lowest BCUT2D eigenvalue weighted by molar-refractivity contribution is 0.561. The van der Waals surface area contributed by atoms with Gasteiger partial charge in [0.15, 0.2) is 0 Å². The van der Waals surface area contributed by atoms with Crippen molar-refractivity contribution >= 4 is 26.0 Å². The Kier molecular flexibility index (Phi) is 4.15. The van der Waals surface area contributed by atoms with E-state index in [9.17, 15) is 8.42 Å². The first kappa shape index (κ1) is 13.3. The van der Waals surface area contributed by atoms with Crippen LogP contribution >= 0.6 is 15.9 Å². The average Bonchev–Trinajstić information content (AvgIpc) is 2.76. The third-order valence-electron chi connectivity index (χ3n) is 2.29. The quantitative estimate of drug-likeness (QED) is 0.906. The third-order valence-corrected chi connectivity index (χ3v) is 4.17. The monoisotopic (exact) mass is 329 g/mol. The first-order valence-corrected chi connectivity index (χ1v) is 7.58. The number of hydrogen-bond acceptors (Lipinski definition) is 3. The van der Waals surface area contributed by atoms with Crippen LogP contribution < -0.4 is 4.72 Å². The van der Waals surface area contributed by atoms with E-state index < -0.39 is 10.0 Å². The maximum Gasteiger partial charge on any atom is 0.240 e. The maximum absolute atomic E-state index is 11.9. The van der Waals surface area contributed by atoms with E-state index in [0.717, 1.165) is 4.47 Å². The summed E-state index contributed by atoms with van der Waals surface area (Å²) in [6.45, 7) is 0.781. The Hall–Kier alpha value is -1.18. The molecule has 18 heavy (non-hydrogen) atoms. The molecule has 0 saturated heterocycles. The number of aromatic nitrogens is 2. The normalized spacial score (nSPS) is 11.6. The van der Waals surface area contributed by atoms with Crippen molar-refractivity contribution in [1.29, 1.82) is 0 Å². The largest absolute Gasteiger partial charge is 0.270 e. The van der Waals surface area contributed by atoms with Gasteiger partial charge in [-0.1, -0.05) is 18.2 Å². The molecule has 1 heterocycles. The Morgan fingerprint density at radius 1 is 1.28 bits per heavy atom. The van der Waals surface area contributed by atoms with E-state index in [-0.39, 0.29) is 4.90 Å². The Bertz CT molecular complexity index is 610. The molecule has 0 aliphatic carbocycles. The molecule has 0 spiro atoms. The predicted octanol–water partition coefficient (Wildman–Crippen LogP) is 1.62. The van der Waals surface area contributed by atoms with Crippen LogP contribution in [0, 0.1) is 0 Å². The van der Waals surface area contributed by atoms with Gasteiger partial charge in [0.25, 0.3) is 0 Å². The molecule has 1 aromatic heterocycles. The van der Waals surface area contributed by atoms with Crippen LogP contribution in [0.15, 0.2) is 52.1 Å². The first-order chi connectivity index (χ1) is 8.58. The highest BCUT2D eigenvalue weighted by Crippen LogP contribution is 2.07. The van der Waals surface area contributed by atoms with E-state index in [1.165, 1.54) is 0 Å². The molecule has 1 aromatic carbocycles. The van der Waals surface area contributed by atoms with Crippen molar-refractivity contribution in [3.63, 3.8) is 0 Å². The Morgan fingerprint density at radius 3 is 2.61 bits per heavy atom. The third kappa shape index (κ3) is 3.41. The Labute approximate surface area is 114 Å². The number of sulfonamides is 1. The van der Waals surface area contributed by atoms with E-state index in [2.05, 4.69) is 25.8 Å². The molecule has 0 aliphatic rings. The summed E-state index contributed by atoms with van der Waals surface area (Å²) in [7, 11) is -3.43. The van der Waals surface area contributed by atoms with Gasteiger partial charge in [-0.15, -0.1) is 0 Å². The zero-order valence-corrected chi connectivity index (χ0v) is 11.9. The maximum atomic E-state index is 11.9. The second kappa shape index (κ2) is 5.64. The molecule has 0 saturated carbocycles. The van der Waals surface area contributed by atoms with Crippen molar-refractivity contribution in [3.05, 3.63) is 47.2 Å². The fourth-order valence-electron chi connectivity index (χ4n) is 1.44. The van der Waals surface area contributed by atoms with Crippen LogP contribution in [0.25, 0.3) is 0 Å². The van der Waals surface area contributed by atoms with Gasteiger partial charge in [-0.25, -0.2) is 13.1 Å². The van der Waals surface area contributed by atoms with E-state index >= 15 is 0 Å². The van der Waals surface area contributed by atoms with Gasteiger partial charge in [-0.3, -0.25) is 4.68 Å². The summed E-state index contributed by atoms with van der Waals surface area (Å²) in [6, 6.07) is 8.29. The molecule has 0 amide bonds. The van der Waals surface area contributed by atoms with Crippen molar-refractivity contribution in [2.75, 3.05) is 6.54 Å². The fraction of sp³-hybridized carbons (Fsp3) is 0.182. The molecule has 0 atom stereocenters. The molecule has 7 heteroatoms. The summed E-state index contributed by atoms with van der Waals surface area (Å²) in [4.78, 5) is 0.270. The minimum absolute atomic E-state index is 0.270. The van der Waals surface area contributed by atoms with Crippen molar-refractivity contribution in [2.45, 2.75) is 11.4 Å². The van der Waals surface area contributed by atoms with Crippen molar-refractivity contribution in [3.8, 4) is 0 Å². The zero-order chi connectivity index (χ0) is 13.0. The average molecular weight is 330 g/mol. The van der Waals surface area contributed by atoms with Gasteiger partial charge in [-0.2, -0.15) is 5.10 Å². The Morgan fingerprint density at radius 2 is 2.00 bits per heavy atom. The molecule has 0 aliphatic heterocycles. The summed E-state index contributed by atoms with van der Waals surface area (Å²) < 4.78 is 28.8. The molecule has 96 valence electrons.